The van der Waals surface area contributed by atoms with Crippen molar-refractivity contribution in [3.8, 4) is 0 Å². The Bertz CT molecular complexity index is 1210. The van der Waals surface area contributed by atoms with Crippen LogP contribution in [0.4, 0.5) is 5.13 Å². The zero-order valence-electron chi connectivity index (χ0n) is 18.1. The molecule has 0 radical (unpaired) electrons. The molecule has 194 valence electrons. The van der Waals surface area contributed by atoms with Crippen LogP contribution < -0.4 is 16.8 Å². The zero-order chi connectivity index (χ0) is 26.0. The molecule has 0 spiro atoms. The van der Waals surface area contributed by atoms with Crippen molar-refractivity contribution in [2.75, 3.05) is 30.3 Å². The van der Waals surface area contributed by atoms with E-state index in [4.69, 9.17) is 23.1 Å². The maximum absolute atomic E-state index is 12.9. The molecule has 7 N–H and O–H groups in total. The van der Waals surface area contributed by atoms with Crippen LogP contribution in [-0.2, 0) is 20.1 Å². The molecule has 0 bridgehead atoms. The lowest BCUT2D eigenvalue weighted by atomic mass is 10.0. The minimum absolute atomic E-state index is 0.0603. The van der Waals surface area contributed by atoms with Gasteiger partial charge in [-0.15, -0.1) is 22.0 Å². The Balaban J connectivity index is 1.41. The number of carboxylic acid groups (broad SMARTS) is 1. The fourth-order valence-corrected chi connectivity index (χ4v) is 9.20. The number of hydrogen-bond acceptors (Lipinski definition) is 15. The molecule has 0 aliphatic carbocycles. The molecule has 4 heterocycles. The van der Waals surface area contributed by atoms with E-state index in [1.165, 1.54) is 28.0 Å². The first-order valence-corrected chi connectivity index (χ1v) is 15.1. The zero-order valence-corrected chi connectivity index (χ0v) is 23.0. The molecule has 2 amide bonds. The van der Waals surface area contributed by atoms with Gasteiger partial charge < -0.3 is 32.0 Å². The van der Waals surface area contributed by atoms with Crippen LogP contribution in [0.5, 0.6) is 0 Å². The number of fused-ring (bicyclic) bond motifs is 1. The van der Waals surface area contributed by atoms with E-state index in [1.54, 1.807) is 11.8 Å². The van der Waals surface area contributed by atoms with Gasteiger partial charge >= 0.3 is 5.97 Å². The maximum atomic E-state index is 12.9. The van der Waals surface area contributed by atoms with Crippen LogP contribution >= 0.6 is 69.6 Å². The van der Waals surface area contributed by atoms with Gasteiger partial charge in [-0.2, -0.15) is 11.8 Å². The summed E-state index contributed by atoms with van der Waals surface area (Å²) in [5, 5.41) is 33.4. The molecular formula is C17H19ClN8O5S5. The summed E-state index contributed by atoms with van der Waals surface area (Å²) in [6, 6.07) is -0.932. The number of thioether (sulfide) groups is 3. The molecule has 19 heteroatoms. The Morgan fingerprint density at radius 1 is 1.36 bits per heavy atom. The quantitative estimate of drug-likeness (QED) is 0.0821. The molecule has 2 fully saturated rings. The normalized spacial score (nSPS) is 23.8. The van der Waals surface area contributed by atoms with E-state index in [1.807, 2.05) is 0 Å². The van der Waals surface area contributed by atoms with Crippen LogP contribution in [0.3, 0.4) is 0 Å². The minimum Gasteiger partial charge on any atom is -0.480 e. The second-order valence-electron chi connectivity index (χ2n) is 7.45. The van der Waals surface area contributed by atoms with E-state index >= 15 is 0 Å². The number of thiazole rings is 1. The number of aromatic nitrogens is 3. The second-order valence-corrected chi connectivity index (χ2v) is 14.0. The fourth-order valence-electron chi connectivity index (χ4n) is 3.41. The van der Waals surface area contributed by atoms with Gasteiger partial charge in [-0.25, -0.2) is 4.98 Å². The molecule has 2 aromatic heterocycles. The number of halogens is 1. The third kappa shape index (κ3) is 5.39. The third-order valence-corrected chi connectivity index (χ3v) is 11.4. The molecule has 2 aliphatic heterocycles. The molecule has 4 rings (SSSR count). The van der Waals surface area contributed by atoms with Gasteiger partial charge in [0.15, 0.2) is 15.2 Å². The monoisotopic (exact) mass is 610 g/mol. The van der Waals surface area contributed by atoms with Crippen molar-refractivity contribution < 1.29 is 24.7 Å². The smallest absolute Gasteiger partial charge is 0.322 e. The highest BCUT2D eigenvalue weighted by Gasteiger charge is 2.58. The summed E-state index contributed by atoms with van der Waals surface area (Å²) in [6.45, 7) is 0.486. The Morgan fingerprint density at radius 3 is 2.78 bits per heavy atom. The van der Waals surface area contributed by atoms with Gasteiger partial charge in [-0.3, -0.25) is 14.4 Å². The van der Waals surface area contributed by atoms with E-state index in [2.05, 4.69) is 25.7 Å². The number of hydrogen-bond donors (Lipinski definition) is 5. The van der Waals surface area contributed by atoms with Crippen molar-refractivity contribution >= 4 is 98.2 Å². The van der Waals surface area contributed by atoms with Crippen LogP contribution in [-0.4, -0.2) is 94.6 Å². The summed E-state index contributed by atoms with van der Waals surface area (Å²) < 4.78 is -0.762. The van der Waals surface area contributed by atoms with Crippen LogP contribution in [0.15, 0.2) is 9.50 Å². The minimum atomic E-state index is -1.32. The number of nitrogens with two attached hydrogens (primary N) is 2. The summed E-state index contributed by atoms with van der Waals surface area (Å²) in [4.78, 5) is 43.1. The van der Waals surface area contributed by atoms with Gasteiger partial charge in [0.2, 0.25) is 5.91 Å². The molecule has 2 aliphatic rings. The lowest BCUT2D eigenvalue weighted by Crippen LogP contribution is -2.74. The van der Waals surface area contributed by atoms with Gasteiger partial charge in [-0.05, 0) is 0 Å². The Hall–Kier alpha value is -1.83. The highest BCUT2D eigenvalue weighted by atomic mass is 35.5. The molecule has 36 heavy (non-hydrogen) atoms. The third-order valence-electron chi connectivity index (χ3n) is 5.09. The average molecular weight is 611 g/mol. The first-order valence-electron chi connectivity index (χ1n) is 10.1. The number of nitrogens with one attached hydrogen (secondary N) is 1. The number of nitrogens with zero attached hydrogens (tertiary/aromatic N) is 5. The Morgan fingerprint density at radius 2 is 2.14 bits per heavy atom. The number of carbonyl (C=O) groups is 3. The molecule has 2 saturated heterocycles. The lowest BCUT2D eigenvalue weighted by molar-refractivity contribution is -0.151. The summed E-state index contributed by atoms with van der Waals surface area (Å²) in [7, 11) is 0. The molecule has 0 aromatic carbocycles. The van der Waals surface area contributed by atoms with E-state index in [0.29, 0.717) is 16.6 Å². The van der Waals surface area contributed by atoms with Gasteiger partial charge in [0.1, 0.15) is 31.2 Å². The summed E-state index contributed by atoms with van der Waals surface area (Å²) >= 11 is 12.1. The van der Waals surface area contributed by atoms with Crippen LogP contribution in [0.25, 0.3) is 0 Å². The van der Waals surface area contributed by atoms with E-state index in [-0.39, 0.29) is 27.5 Å². The summed E-state index contributed by atoms with van der Waals surface area (Å²) in [5.41, 5.74) is 10.5. The number of amides is 2. The molecule has 13 nitrogen and oxygen atoms in total. The number of carbonyl (C=O) groups excluding carboxylic acids is 2. The van der Waals surface area contributed by atoms with Crippen molar-refractivity contribution in [1.82, 2.24) is 25.4 Å². The van der Waals surface area contributed by atoms with E-state index in [9.17, 15) is 24.7 Å². The van der Waals surface area contributed by atoms with Gasteiger partial charge in [0, 0.05) is 30.3 Å². The highest BCUT2D eigenvalue weighted by molar-refractivity contribution is 8.06. The Kier molecular flexibility index (Phi) is 8.52. The molecule has 3 atom stereocenters. The van der Waals surface area contributed by atoms with Crippen molar-refractivity contribution in [2.45, 2.75) is 26.3 Å². The standard InChI is InChI=1S/C17H19ClN8O5S5/c18-10-7(22-15(20)35-10)8(25-31)11(27)21-9-12(28)26-4-17(14(29)30,5-33-13(9)26)36-16-24-23-6(34-16)3-32-2-1-19/h9,13,31H,1-5,19H2,(H2,20,22)(H,21,27)(H,29,30)/t9-,13-,17?/m1/s1. The van der Waals surface area contributed by atoms with Crippen LogP contribution in [0.2, 0.25) is 4.34 Å². The number of β-lactam (4-membered cyclic amide) rings is 1. The predicted octanol–water partition coefficient (Wildman–Crippen LogP) is 0.616. The number of rotatable bonds is 10. The number of nitrogen functional groups attached to an aromatic ring is 1. The first kappa shape index (κ1) is 27.2. The van der Waals surface area contributed by atoms with Gasteiger partial charge in [-0.1, -0.05) is 51.2 Å². The largest absolute Gasteiger partial charge is 0.480 e. The molecule has 0 saturated carbocycles. The number of carboxylic acids is 1. The topological polar surface area (TPSA) is 210 Å². The molecular weight excluding hydrogens is 592 g/mol. The SMILES string of the molecule is NCCSCc1nnc(SC2(C(=O)O)CS[C@@H]3[C@H](NC(=O)C(=NO)c4nc(N)sc4Cl)C(=O)N3C2)s1. The first-order chi connectivity index (χ1) is 17.2. The maximum Gasteiger partial charge on any atom is 0.322 e. The van der Waals surface area contributed by atoms with Crippen LogP contribution in [0, 0.1) is 0 Å². The van der Waals surface area contributed by atoms with Crippen molar-refractivity contribution in [3.63, 3.8) is 0 Å². The van der Waals surface area contributed by atoms with Gasteiger partial charge in [0.05, 0.1) is 0 Å². The summed E-state index contributed by atoms with van der Waals surface area (Å²) in [5.74, 6) is -0.801. The fraction of sp³-hybridized carbons (Fsp3) is 0.471. The van der Waals surface area contributed by atoms with Gasteiger partial charge in [0.25, 0.3) is 5.91 Å². The molecule has 1 unspecified atom stereocenters. The van der Waals surface area contributed by atoms with Crippen molar-refractivity contribution in [2.24, 2.45) is 10.9 Å². The molecule has 2 aromatic rings. The average Bonchev–Trinajstić information content (AvgIpc) is 3.43. The van der Waals surface area contributed by atoms with E-state index in [0.717, 1.165) is 33.9 Å². The number of anilines is 1. The second kappa shape index (κ2) is 11.3. The van der Waals surface area contributed by atoms with E-state index < -0.39 is 39.7 Å². The predicted molar refractivity (Wildman–Crippen MR) is 141 cm³/mol. The Labute approximate surface area is 229 Å². The van der Waals surface area contributed by atoms with Crippen LogP contribution in [0.1, 0.15) is 10.7 Å². The lowest BCUT2D eigenvalue weighted by Gasteiger charge is -2.53. The number of oxime groups is 1. The van der Waals surface area contributed by atoms with Crippen molar-refractivity contribution in [1.29, 1.82) is 0 Å². The number of aliphatic carboxylic acids is 1. The van der Waals surface area contributed by atoms with Crippen molar-refractivity contribution in [3.05, 3.63) is 15.0 Å². The highest BCUT2D eigenvalue weighted by Crippen LogP contribution is 2.47. The summed E-state index contributed by atoms with van der Waals surface area (Å²) in [6.07, 6.45) is 0.